The van der Waals surface area contributed by atoms with Crippen LogP contribution in [-0.2, 0) is 9.53 Å². The summed E-state index contributed by atoms with van der Waals surface area (Å²) in [5.41, 5.74) is 0.00374. The van der Waals surface area contributed by atoms with E-state index in [1.807, 2.05) is 0 Å². The third kappa shape index (κ3) is 2.39. The predicted octanol–water partition coefficient (Wildman–Crippen LogP) is 2.32. The maximum absolute atomic E-state index is 13.7. The average Bonchev–Trinajstić information content (AvgIpc) is 3.32. The molecule has 9 atom stereocenters. The van der Waals surface area contributed by atoms with Gasteiger partial charge in [-0.05, 0) is 63.3 Å². The lowest BCUT2D eigenvalue weighted by Crippen LogP contribution is -2.58. The molecule has 6 fully saturated rings. The second-order valence-corrected chi connectivity index (χ2v) is 11.8. The predicted molar refractivity (Wildman–Crippen MR) is 110 cm³/mol. The number of hydrogen-bond acceptors (Lipinski definition) is 5. The van der Waals surface area contributed by atoms with Crippen LogP contribution in [0.2, 0.25) is 0 Å². The molecular weight excluding hydrogens is 364 g/mol. The number of epoxide rings is 1. The van der Waals surface area contributed by atoms with Crippen LogP contribution in [0.4, 0.5) is 0 Å². The fourth-order valence-electron chi connectivity index (χ4n) is 8.89. The number of ether oxygens (including phenoxy) is 1. The van der Waals surface area contributed by atoms with E-state index in [1.54, 1.807) is 0 Å². The molecule has 5 heteroatoms. The van der Waals surface area contributed by atoms with Gasteiger partial charge in [-0.15, -0.1) is 0 Å². The number of nitrogens with zero attached hydrogens (tertiary/aromatic N) is 2. The van der Waals surface area contributed by atoms with Crippen molar-refractivity contribution in [3.63, 3.8) is 0 Å². The van der Waals surface area contributed by atoms with Crippen molar-refractivity contribution in [3.05, 3.63) is 0 Å². The lowest BCUT2D eigenvalue weighted by molar-refractivity contribution is -0.140. The van der Waals surface area contributed by atoms with Crippen LogP contribution in [0.25, 0.3) is 0 Å². The van der Waals surface area contributed by atoms with Gasteiger partial charge in [-0.2, -0.15) is 0 Å². The fourth-order valence-corrected chi connectivity index (χ4v) is 8.89. The Hall–Kier alpha value is -0.490. The molecule has 0 amide bonds. The van der Waals surface area contributed by atoms with Gasteiger partial charge in [-0.1, -0.05) is 13.8 Å². The highest BCUT2D eigenvalue weighted by molar-refractivity contribution is 5.92. The smallest absolute Gasteiger partial charge is 0.156 e. The largest absolute Gasteiger partial charge is 0.393 e. The second kappa shape index (κ2) is 6.05. The number of piperazine rings is 1. The van der Waals surface area contributed by atoms with Crippen molar-refractivity contribution >= 4 is 5.78 Å². The zero-order chi connectivity index (χ0) is 20.2. The molecule has 29 heavy (non-hydrogen) atoms. The van der Waals surface area contributed by atoms with Crippen LogP contribution >= 0.6 is 0 Å². The first-order chi connectivity index (χ1) is 13.8. The number of Topliss-reactive ketones (excluding diaryl/α,β-unsaturated/α-hetero) is 1. The molecule has 0 unspecified atom stereocenters. The molecule has 0 aromatic heterocycles. The van der Waals surface area contributed by atoms with Gasteiger partial charge in [0.2, 0.25) is 0 Å². The number of rotatable bonds is 1. The SMILES string of the molecule is CN1CCN([C@H]2C[C@H]3[C@@H]4C[C@@H]5O[C@@]56C[C@@H](O)CC[C@]6(C)[C@H]4CC[C@]3(C)C2=O)CC1. The quantitative estimate of drug-likeness (QED) is 0.682. The molecule has 1 N–H and O–H groups in total. The Morgan fingerprint density at radius 1 is 1.03 bits per heavy atom. The van der Waals surface area contributed by atoms with Gasteiger partial charge in [0, 0.05) is 43.4 Å². The van der Waals surface area contributed by atoms with Crippen molar-refractivity contribution in [2.24, 2.45) is 28.6 Å². The van der Waals surface area contributed by atoms with E-state index in [4.69, 9.17) is 4.74 Å². The number of aliphatic hydroxyl groups is 1. The molecule has 0 bridgehead atoms. The molecule has 2 heterocycles. The third-order valence-corrected chi connectivity index (χ3v) is 10.8. The maximum Gasteiger partial charge on any atom is 0.156 e. The van der Waals surface area contributed by atoms with E-state index in [0.717, 1.165) is 64.7 Å². The standard InChI is InChI=1S/C24H38N2O3/c1-22-6-5-17-16(12-20-24(29-20)14-15(27)4-7-23(17,24)2)18(22)13-19(21(22)28)26-10-8-25(3)9-11-26/h15-20,27H,4-14H2,1-3H3/t15-,16+,17-,18-,19-,20-,22-,23+,24-/m0/s1. The number of aliphatic hydroxyl groups excluding tert-OH is 1. The monoisotopic (exact) mass is 402 g/mol. The molecular formula is C24H38N2O3. The zero-order valence-corrected chi connectivity index (χ0v) is 18.4. The summed E-state index contributed by atoms with van der Waals surface area (Å²) in [6, 6.07) is 0.144. The Morgan fingerprint density at radius 3 is 2.55 bits per heavy atom. The molecule has 0 aromatic carbocycles. The number of ketones is 1. The molecule has 1 spiro atoms. The van der Waals surface area contributed by atoms with Crippen molar-refractivity contribution in [1.82, 2.24) is 9.80 Å². The van der Waals surface area contributed by atoms with Crippen molar-refractivity contribution in [2.75, 3.05) is 33.2 Å². The van der Waals surface area contributed by atoms with E-state index >= 15 is 0 Å². The van der Waals surface area contributed by atoms with Crippen LogP contribution in [0.1, 0.15) is 58.8 Å². The van der Waals surface area contributed by atoms with Crippen molar-refractivity contribution in [2.45, 2.75) is 82.6 Å². The summed E-state index contributed by atoms with van der Waals surface area (Å²) in [5.74, 6) is 2.34. The van der Waals surface area contributed by atoms with Crippen LogP contribution in [0, 0.1) is 28.6 Å². The maximum atomic E-state index is 13.7. The van der Waals surface area contributed by atoms with E-state index in [2.05, 4.69) is 30.7 Å². The molecule has 2 saturated heterocycles. The normalized spacial score (nSPS) is 57.6. The molecule has 6 aliphatic rings. The van der Waals surface area contributed by atoms with E-state index in [9.17, 15) is 9.90 Å². The van der Waals surface area contributed by atoms with Crippen molar-refractivity contribution in [3.8, 4) is 0 Å². The summed E-state index contributed by atoms with van der Waals surface area (Å²) in [6.45, 7) is 9.00. The van der Waals surface area contributed by atoms with Gasteiger partial charge in [-0.25, -0.2) is 0 Å². The Kier molecular flexibility index (Phi) is 4.01. The Bertz CT molecular complexity index is 721. The molecule has 5 nitrogen and oxygen atoms in total. The number of carbonyl (C=O) groups is 1. The number of hydrogen-bond donors (Lipinski definition) is 1. The van der Waals surface area contributed by atoms with E-state index in [-0.39, 0.29) is 28.6 Å². The molecule has 0 aromatic rings. The van der Waals surface area contributed by atoms with Crippen LogP contribution < -0.4 is 0 Å². The summed E-state index contributed by atoms with van der Waals surface area (Å²) < 4.78 is 6.44. The highest BCUT2D eigenvalue weighted by Crippen LogP contribution is 2.73. The van der Waals surface area contributed by atoms with E-state index < -0.39 is 0 Å². The van der Waals surface area contributed by atoms with Crippen molar-refractivity contribution < 1.29 is 14.6 Å². The summed E-state index contributed by atoms with van der Waals surface area (Å²) >= 11 is 0. The molecule has 4 saturated carbocycles. The number of likely N-dealkylation sites (N-methyl/N-ethyl adjacent to an activating group) is 1. The molecule has 4 aliphatic carbocycles. The van der Waals surface area contributed by atoms with Crippen LogP contribution in [-0.4, -0.2) is 77.8 Å². The van der Waals surface area contributed by atoms with Gasteiger partial charge in [0.25, 0.3) is 0 Å². The minimum Gasteiger partial charge on any atom is -0.393 e. The topological polar surface area (TPSA) is 56.3 Å². The first-order valence-corrected chi connectivity index (χ1v) is 12.1. The minimum atomic E-state index is -0.187. The molecule has 2 aliphatic heterocycles. The van der Waals surface area contributed by atoms with Gasteiger partial charge in [0.1, 0.15) is 5.60 Å². The Labute approximate surface area is 175 Å². The summed E-state index contributed by atoms with van der Waals surface area (Å²) in [5, 5.41) is 10.3. The van der Waals surface area contributed by atoms with E-state index in [1.165, 1.54) is 6.42 Å². The van der Waals surface area contributed by atoms with Crippen LogP contribution in [0.5, 0.6) is 0 Å². The minimum absolute atomic E-state index is 0.0565. The number of fused-ring (bicyclic) bond motifs is 4. The Balaban J connectivity index is 1.29. The van der Waals surface area contributed by atoms with Gasteiger partial charge >= 0.3 is 0 Å². The lowest BCUT2D eigenvalue weighted by Gasteiger charge is -2.58. The Morgan fingerprint density at radius 2 is 1.79 bits per heavy atom. The first kappa shape index (κ1) is 19.2. The summed E-state index contributed by atoms with van der Waals surface area (Å²) in [6.07, 6.45) is 7.39. The van der Waals surface area contributed by atoms with Gasteiger partial charge in [0.05, 0.1) is 18.2 Å². The zero-order valence-electron chi connectivity index (χ0n) is 18.4. The van der Waals surface area contributed by atoms with E-state index in [0.29, 0.717) is 29.6 Å². The summed E-state index contributed by atoms with van der Waals surface area (Å²) in [4.78, 5) is 18.6. The molecule has 6 rings (SSSR count). The fraction of sp³-hybridized carbons (Fsp3) is 0.958. The third-order valence-electron chi connectivity index (χ3n) is 10.8. The highest BCUT2D eigenvalue weighted by atomic mass is 16.6. The average molecular weight is 403 g/mol. The van der Waals surface area contributed by atoms with Crippen LogP contribution in [0.3, 0.4) is 0 Å². The van der Waals surface area contributed by atoms with Crippen molar-refractivity contribution in [1.29, 1.82) is 0 Å². The van der Waals surface area contributed by atoms with Crippen LogP contribution in [0.15, 0.2) is 0 Å². The molecule has 162 valence electrons. The lowest BCUT2D eigenvalue weighted by atomic mass is 9.45. The first-order valence-electron chi connectivity index (χ1n) is 12.1. The summed E-state index contributed by atoms with van der Waals surface area (Å²) in [7, 11) is 2.19. The highest BCUT2D eigenvalue weighted by Gasteiger charge is 2.76. The second-order valence-electron chi connectivity index (χ2n) is 11.8. The van der Waals surface area contributed by atoms with Gasteiger partial charge < -0.3 is 14.7 Å². The van der Waals surface area contributed by atoms with Gasteiger partial charge in [0.15, 0.2) is 5.78 Å². The van der Waals surface area contributed by atoms with Gasteiger partial charge in [-0.3, -0.25) is 9.69 Å². The molecule has 0 radical (unpaired) electrons. The number of carbonyl (C=O) groups excluding carboxylic acids is 1.